The van der Waals surface area contributed by atoms with Crippen molar-refractivity contribution >= 4 is 0 Å². The van der Waals surface area contributed by atoms with E-state index in [1.165, 1.54) is 37.7 Å². The van der Waals surface area contributed by atoms with E-state index < -0.39 is 0 Å². The predicted octanol–water partition coefficient (Wildman–Crippen LogP) is 3.57. The molecule has 3 heteroatoms. The summed E-state index contributed by atoms with van der Waals surface area (Å²) in [6, 6.07) is 2.61. The molecule has 20 heavy (non-hydrogen) atoms. The molecular weight excluding hydrogens is 248 g/mol. The van der Waals surface area contributed by atoms with Gasteiger partial charge in [0.2, 0.25) is 0 Å². The summed E-state index contributed by atoms with van der Waals surface area (Å²) in [6.45, 7) is 3.31. The van der Waals surface area contributed by atoms with E-state index in [1.54, 1.807) is 13.3 Å². The van der Waals surface area contributed by atoms with Gasteiger partial charge < -0.3 is 10.1 Å². The van der Waals surface area contributed by atoms with Crippen LogP contribution in [0.1, 0.15) is 50.6 Å². The second-order valence-corrected chi connectivity index (χ2v) is 6.43. The summed E-state index contributed by atoms with van der Waals surface area (Å²) in [5.74, 6) is 3.55. The first kappa shape index (κ1) is 13.9. The molecule has 3 rings (SSSR count). The number of ether oxygens (including phenoxy) is 1. The van der Waals surface area contributed by atoms with Crippen LogP contribution in [-0.4, -0.2) is 18.6 Å². The number of fused-ring (bicyclic) bond motifs is 2. The summed E-state index contributed by atoms with van der Waals surface area (Å²) in [4.78, 5) is 4.35. The lowest BCUT2D eigenvalue weighted by Crippen LogP contribution is -2.32. The molecule has 0 amide bonds. The first-order valence-electron chi connectivity index (χ1n) is 8.04. The molecule has 2 saturated carbocycles. The van der Waals surface area contributed by atoms with Gasteiger partial charge in [-0.05, 0) is 61.6 Å². The molecule has 0 spiro atoms. The van der Waals surface area contributed by atoms with Gasteiger partial charge in [0.05, 0.1) is 13.3 Å². The van der Waals surface area contributed by atoms with Crippen molar-refractivity contribution in [3.05, 3.63) is 24.0 Å². The second-order valence-electron chi connectivity index (χ2n) is 6.43. The summed E-state index contributed by atoms with van der Waals surface area (Å²) in [7, 11) is 1.72. The molecule has 1 aromatic heterocycles. The Morgan fingerprint density at radius 3 is 2.90 bits per heavy atom. The molecular formula is C17H26N2O. The van der Waals surface area contributed by atoms with Crippen LogP contribution in [0, 0.1) is 17.8 Å². The Bertz CT molecular complexity index is 448. The fraction of sp³-hybridized carbons (Fsp3) is 0.706. The van der Waals surface area contributed by atoms with E-state index in [0.29, 0.717) is 6.04 Å². The lowest BCUT2D eigenvalue weighted by molar-refractivity contribution is 0.250. The van der Waals surface area contributed by atoms with Crippen molar-refractivity contribution in [2.45, 2.75) is 45.1 Å². The van der Waals surface area contributed by atoms with Crippen LogP contribution in [0.2, 0.25) is 0 Å². The number of methoxy groups -OCH3 is 1. The van der Waals surface area contributed by atoms with Crippen LogP contribution in [0.4, 0.5) is 0 Å². The Hall–Kier alpha value is -1.09. The van der Waals surface area contributed by atoms with Crippen molar-refractivity contribution in [2.24, 2.45) is 17.8 Å². The van der Waals surface area contributed by atoms with Gasteiger partial charge in [0.25, 0.3) is 0 Å². The Labute approximate surface area is 122 Å². The minimum absolute atomic E-state index is 0.452. The Kier molecular flexibility index (Phi) is 4.25. The van der Waals surface area contributed by atoms with Crippen LogP contribution >= 0.6 is 0 Å². The molecule has 2 fully saturated rings. The van der Waals surface area contributed by atoms with E-state index in [9.17, 15) is 0 Å². The van der Waals surface area contributed by atoms with Gasteiger partial charge in [-0.3, -0.25) is 4.98 Å². The van der Waals surface area contributed by atoms with Crippen molar-refractivity contribution in [3.8, 4) is 5.75 Å². The van der Waals surface area contributed by atoms with Crippen LogP contribution in [0.5, 0.6) is 5.75 Å². The van der Waals surface area contributed by atoms with Gasteiger partial charge >= 0.3 is 0 Å². The molecule has 4 atom stereocenters. The van der Waals surface area contributed by atoms with Crippen LogP contribution in [-0.2, 0) is 0 Å². The highest BCUT2D eigenvalue weighted by Crippen LogP contribution is 2.52. The van der Waals surface area contributed by atoms with E-state index in [0.717, 1.165) is 30.0 Å². The van der Waals surface area contributed by atoms with Crippen molar-refractivity contribution in [1.29, 1.82) is 0 Å². The fourth-order valence-corrected chi connectivity index (χ4v) is 4.24. The van der Waals surface area contributed by atoms with Crippen LogP contribution in [0.25, 0.3) is 0 Å². The van der Waals surface area contributed by atoms with E-state index in [-0.39, 0.29) is 0 Å². The van der Waals surface area contributed by atoms with E-state index in [2.05, 4.69) is 23.3 Å². The Morgan fingerprint density at radius 2 is 2.25 bits per heavy atom. The molecule has 2 aliphatic carbocycles. The first-order valence-corrected chi connectivity index (χ1v) is 8.04. The molecule has 3 nitrogen and oxygen atoms in total. The van der Waals surface area contributed by atoms with Crippen LogP contribution in [0.3, 0.4) is 0 Å². The molecule has 0 radical (unpaired) electrons. The van der Waals surface area contributed by atoms with Crippen LogP contribution < -0.4 is 10.1 Å². The number of nitrogens with one attached hydrogen (secondary N) is 1. The zero-order chi connectivity index (χ0) is 13.9. The maximum Gasteiger partial charge on any atom is 0.137 e. The smallest absolute Gasteiger partial charge is 0.137 e. The highest BCUT2D eigenvalue weighted by atomic mass is 16.5. The van der Waals surface area contributed by atoms with E-state index >= 15 is 0 Å². The SMILES string of the molecule is CCCNC(c1cncc(OC)c1)C1CC2CCC1C2. The molecule has 1 heterocycles. The molecule has 0 aliphatic heterocycles. The van der Waals surface area contributed by atoms with Gasteiger partial charge in [-0.1, -0.05) is 13.3 Å². The first-order chi connectivity index (χ1) is 9.81. The molecule has 110 valence electrons. The summed E-state index contributed by atoms with van der Waals surface area (Å²) < 4.78 is 5.34. The molecule has 1 aromatic rings. The standard InChI is InChI=1S/C17H26N2O/c1-3-6-19-17(14-9-15(20-2)11-18-10-14)16-8-12-4-5-13(16)7-12/h9-13,16-17,19H,3-8H2,1-2H3. The molecule has 0 aromatic carbocycles. The number of aromatic nitrogens is 1. The maximum absolute atomic E-state index is 5.34. The molecule has 0 saturated heterocycles. The van der Waals surface area contributed by atoms with E-state index in [4.69, 9.17) is 4.74 Å². The van der Waals surface area contributed by atoms with Crippen molar-refractivity contribution < 1.29 is 4.74 Å². The fourth-order valence-electron chi connectivity index (χ4n) is 4.24. The van der Waals surface area contributed by atoms with Crippen molar-refractivity contribution in [2.75, 3.05) is 13.7 Å². The quantitative estimate of drug-likeness (QED) is 0.861. The average molecular weight is 274 g/mol. The predicted molar refractivity (Wildman–Crippen MR) is 80.8 cm³/mol. The van der Waals surface area contributed by atoms with Crippen LogP contribution in [0.15, 0.2) is 18.5 Å². The highest BCUT2D eigenvalue weighted by molar-refractivity contribution is 5.27. The summed E-state index contributed by atoms with van der Waals surface area (Å²) in [6.07, 6.45) is 10.7. The lowest BCUT2D eigenvalue weighted by Gasteiger charge is -2.31. The van der Waals surface area contributed by atoms with Crippen molar-refractivity contribution in [1.82, 2.24) is 10.3 Å². The highest BCUT2D eigenvalue weighted by Gasteiger charge is 2.43. The van der Waals surface area contributed by atoms with Gasteiger partial charge in [0, 0.05) is 12.2 Å². The second kappa shape index (κ2) is 6.13. The van der Waals surface area contributed by atoms with Gasteiger partial charge in [-0.25, -0.2) is 0 Å². The topological polar surface area (TPSA) is 34.2 Å². The number of hydrogen-bond donors (Lipinski definition) is 1. The zero-order valence-electron chi connectivity index (χ0n) is 12.6. The lowest BCUT2D eigenvalue weighted by atomic mass is 9.80. The third-order valence-electron chi connectivity index (χ3n) is 5.16. The Morgan fingerprint density at radius 1 is 1.35 bits per heavy atom. The van der Waals surface area contributed by atoms with Gasteiger partial charge in [-0.2, -0.15) is 0 Å². The number of nitrogens with zero attached hydrogens (tertiary/aromatic N) is 1. The third-order valence-corrected chi connectivity index (χ3v) is 5.16. The van der Waals surface area contributed by atoms with E-state index in [1.807, 2.05) is 6.20 Å². The summed E-state index contributed by atoms with van der Waals surface area (Å²) in [5, 5.41) is 3.77. The zero-order valence-corrected chi connectivity index (χ0v) is 12.6. The average Bonchev–Trinajstić information content (AvgIpc) is 3.11. The van der Waals surface area contributed by atoms with Gasteiger partial charge in [0.15, 0.2) is 0 Å². The normalized spacial score (nSPS) is 29.6. The number of pyridine rings is 1. The van der Waals surface area contributed by atoms with Gasteiger partial charge in [0.1, 0.15) is 5.75 Å². The number of hydrogen-bond acceptors (Lipinski definition) is 3. The minimum Gasteiger partial charge on any atom is -0.495 e. The van der Waals surface area contributed by atoms with Crippen molar-refractivity contribution in [3.63, 3.8) is 0 Å². The summed E-state index contributed by atoms with van der Waals surface area (Å²) in [5.41, 5.74) is 1.30. The van der Waals surface area contributed by atoms with Gasteiger partial charge in [-0.15, -0.1) is 0 Å². The minimum atomic E-state index is 0.452. The Balaban J connectivity index is 1.81. The summed E-state index contributed by atoms with van der Waals surface area (Å²) >= 11 is 0. The molecule has 4 unspecified atom stereocenters. The maximum atomic E-state index is 5.34. The molecule has 2 bridgehead atoms. The molecule has 2 aliphatic rings. The monoisotopic (exact) mass is 274 g/mol. The molecule has 1 N–H and O–H groups in total. The number of rotatable bonds is 6. The largest absolute Gasteiger partial charge is 0.495 e. The third kappa shape index (κ3) is 2.69.